The average molecular weight is 435 g/mol. The topological polar surface area (TPSA) is 46.3 Å². The van der Waals surface area contributed by atoms with E-state index in [4.69, 9.17) is 4.42 Å². The molecule has 2 aromatic carbocycles. The van der Waals surface area contributed by atoms with E-state index >= 15 is 0 Å². The molecule has 0 spiro atoms. The van der Waals surface area contributed by atoms with Crippen LogP contribution >= 0.6 is 15.9 Å². The first kappa shape index (κ1) is 18.4. The number of fused-ring (bicyclic) bond motifs is 1. The number of aromatic nitrogens is 1. The SMILES string of the molecule is Cc1ccc(CN(C(=O)c2oc3ccc(Br)cc3c2C)c2ccccn2)cc1. The third-order valence-corrected chi connectivity index (χ3v) is 5.22. The van der Waals surface area contributed by atoms with Crippen LogP contribution in [0, 0.1) is 13.8 Å². The molecule has 4 rings (SSSR count). The van der Waals surface area contributed by atoms with Gasteiger partial charge in [-0.2, -0.15) is 0 Å². The summed E-state index contributed by atoms with van der Waals surface area (Å²) in [6, 6.07) is 19.4. The minimum Gasteiger partial charge on any atom is -0.451 e. The predicted octanol–water partition coefficient (Wildman–Crippen LogP) is 6.05. The molecule has 0 aliphatic rings. The van der Waals surface area contributed by atoms with Crippen LogP contribution in [-0.4, -0.2) is 10.9 Å². The fraction of sp³-hybridized carbons (Fsp3) is 0.130. The largest absolute Gasteiger partial charge is 0.451 e. The number of carbonyl (C=O) groups excluding carboxylic acids is 1. The summed E-state index contributed by atoms with van der Waals surface area (Å²) >= 11 is 3.48. The highest BCUT2D eigenvalue weighted by molar-refractivity contribution is 9.10. The van der Waals surface area contributed by atoms with Crippen LogP contribution in [0.15, 0.2) is 75.8 Å². The van der Waals surface area contributed by atoms with E-state index < -0.39 is 0 Å². The molecule has 0 N–H and O–H groups in total. The minimum absolute atomic E-state index is 0.205. The van der Waals surface area contributed by atoms with Crippen molar-refractivity contribution in [2.75, 3.05) is 4.90 Å². The number of rotatable bonds is 4. The second-order valence-electron chi connectivity index (χ2n) is 6.76. The molecule has 0 aliphatic heterocycles. The number of furan rings is 1. The Kier molecular flexibility index (Phi) is 5.01. The number of carbonyl (C=O) groups is 1. The van der Waals surface area contributed by atoms with Crippen molar-refractivity contribution in [2.24, 2.45) is 0 Å². The van der Waals surface area contributed by atoms with Crippen molar-refractivity contribution in [3.05, 3.63) is 93.8 Å². The smallest absolute Gasteiger partial charge is 0.295 e. The number of hydrogen-bond donors (Lipinski definition) is 0. The number of hydrogen-bond acceptors (Lipinski definition) is 3. The Bertz CT molecular complexity index is 1130. The third kappa shape index (κ3) is 3.58. The molecule has 5 heteroatoms. The van der Waals surface area contributed by atoms with Crippen LogP contribution in [0.3, 0.4) is 0 Å². The molecule has 0 aliphatic carbocycles. The van der Waals surface area contributed by atoms with Gasteiger partial charge >= 0.3 is 0 Å². The summed E-state index contributed by atoms with van der Waals surface area (Å²) < 4.78 is 6.88. The van der Waals surface area contributed by atoms with Gasteiger partial charge < -0.3 is 4.42 Å². The van der Waals surface area contributed by atoms with Crippen molar-refractivity contribution in [1.29, 1.82) is 0 Å². The second kappa shape index (κ2) is 7.60. The molecule has 28 heavy (non-hydrogen) atoms. The normalized spacial score (nSPS) is 11.0. The molecular weight excluding hydrogens is 416 g/mol. The Hall–Kier alpha value is -2.92. The molecule has 2 heterocycles. The van der Waals surface area contributed by atoms with Crippen molar-refractivity contribution in [1.82, 2.24) is 4.98 Å². The Morgan fingerprint density at radius 3 is 2.57 bits per heavy atom. The van der Waals surface area contributed by atoms with Crippen LogP contribution in [0.5, 0.6) is 0 Å². The van der Waals surface area contributed by atoms with Crippen molar-refractivity contribution < 1.29 is 9.21 Å². The maximum absolute atomic E-state index is 13.5. The second-order valence-corrected chi connectivity index (χ2v) is 7.68. The van der Waals surface area contributed by atoms with Gasteiger partial charge in [0.1, 0.15) is 11.4 Å². The van der Waals surface area contributed by atoms with E-state index in [2.05, 4.69) is 20.9 Å². The van der Waals surface area contributed by atoms with Gasteiger partial charge in [-0.1, -0.05) is 51.8 Å². The van der Waals surface area contributed by atoms with Gasteiger partial charge in [-0.3, -0.25) is 9.69 Å². The Labute approximate surface area is 171 Å². The molecule has 4 aromatic rings. The Morgan fingerprint density at radius 1 is 1.07 bits per heavy atom. The molecule has 140 valence electrons. The Balaban J connectivity index is 1.77. The van der Waals surface area contributed by atoms with E-state index in [1.54, 1.807) is 11.1 Å². The first-order valence-corrected chi connectivity index (χ1v) is 9.79. The summed E-state index contributed by atoms with van der Waals surface area (Å²) in [5.41, 5.74) is 3.73. The van der Waals surface area contributed by atoms with Crippen molar-refractivity contribution in [2.45, 2.75) is 20.4 Å². The number of halogens is 1. The summed E-state index contributed by atoms with van der Waals surface area (Å²) in [6.07, 6.45) is 1.69. The fourth-order valence-corrected chi connectivity index (χ4v) is 3.53. The van der Waals surface area contributed by atoms with Gasteiger partial charge in [-0.05, 0) is 49.7 Å². The lowest BCUT2D eigenvalue weighted by atomic mass is 10.1. The standard InChI is InChI=1S/C23H19BrN2O2/c1-15-6-8-17(9-7-15)14-26(21-5-3-4-12-25-21)23(27)22-16(2)19-13-18(24)10-11-20(19)28-22/h3-13H,14H2,1-2H3. The molecule has 0 fully saturated rings. The monoisotopic (exact) mass is 434 g/mol. The van der Waals surface area contributed by atoms with Crippen molar-refractivity contribution >= 4 is 38.6 Å². The summed E-state index contributed by atoms with van der Waals surface area (Å²) in [5.74, 6) is 0.726. The summed E-state index contributed by atoms with van der Waals surface area (Å²) in [4.78, 5) is 19.5. The van der Waals surface area contributed by atoms with E-state index in [1.165, 1.54) is 5.56 Å². The number of nitrogens with zero attached hydrogens (tertiary/aromatic N) is 2. The van der Waals surface area contributed by atoms with E-state index in [1.807, 2.05) is 74.5 Å². The first-order chi connectivity index (χ1) is 13.5. The Morgan fingerprint density at radius 2 is 1.86 bits per heavy atom. The van der Waals surface area contributed by atoms with Gasteiger partial charge in [-0.15, -0.1) is 0 Å². The molecule has 1 amide bonds. The number of benzene rings is 2. The summed E-state index contributed by atoms with van der Waals surface area (Å²) in [5, 5.41) is 0.925. The van der Waals surface area contributed by atoms with Crippen LogP contribution in [0.2, 0.25) is 0 Å². The number of pyridine rings is 1. The lowest BCUT2D eigenvalue weighted by Crippen LogP contribution is -2.31. The quantitative estimate of drug-likeness (QED) is 0.392. The van der Waals surface area contributed by atoms with Crippen molar-refractivity contribution in [3.63, 3.8) is 0 Å². The molecule has 0 bridgehead atoms. The molecule has 2 aromatic heterocycles. The van der Waals surface area contributed by atoms with E-state index in [0.29, 0.717) is 23.7 Å². The van der Waals surface area contributed by atoms with Gasteiger partial charge in [-0.25, -0.2) is 4.98 Å². The number of anilines is 1. The van der Waals surface area contributed by atoms with Gasteiger partial charge in [0.15, 0.2) is 5.76 Å². The highest BCUT2D eigenvalue weighted by atomic mass is 79.9. The van der Waals surface area contributed by atoms with Crippen LogP contribution < -0.4 is 4.90 Å². The van der Waals surface area contributed by atoms with Crippen LogP contribution in [0.1, 0.15) is 27.2 Å². The highest BCUT2D eigenvalue weighted by Crippen LogP contribution is 2.30. The molecule has 0 unspecified atom stereocenters. The molecular formula is C23H19BrN2O2. The maximum Gasteiger partial charge on any atom is 0.295 e. The van der Waals surface area contributed by atoms with E-state index in [9.17, 15) is 4.79 Å². The lowest BCUT2D eigenvalue weighted by Gasteiger charge is -2.21. The molecule has 0 saturated heterocycles. The van der Waals surface area contributed by atoms with Crippen LogP contribution in [-0.2, 0) is 6.54 Å². The molecule has 0 saturated carbocycles. The average Bonchev–Trinajstić information content (AvgIpc) is 3.04. The first-order valence-electron chi connectivity index (χ1n) is 9.00. The molecule has 0 atom stereocenters. The fourth-order valence-electron chi connectivity index (χ4n) is 3.17. The van der Waals surface area contributed by atoms with E-state index in [-0.39, 0.29) is 5.91 Å². The van der Waals surface area contributed by atoms with E-state index in [0.717, 1.165) is 21.0 Å². The summed E-state index contributed by atoms with van der Waals surface area (Å²) in [7, 11) is 0. The number of amides is 1. The zero-order valence-electron chi connectivity index (χ0n) is 15.6. The maximum atomic E-state index is 13.5. The zero-order valence-corrected chi connectivity index (χ0v) is 17.2. The van der Waals surface area contributed by atoms with Gasteiger partial charge in [0.05, 0.1) is 6.54 Å². The lowest BCUT2D eigenvalue weighted by molar-refractivity contribution is 0.0959. The number of aryl methyl sites for hydroxylation is 2. The highest BCUT2D eigenvalue weighted by Gasteiger charge is 2.25. The van der Waals surface area contributed by atoms with Crippen LogP contribution in [0.25, 0.3) is 11.0 Å². The van der Waals surface area contributed by atoms with Crippen molar-refractivity contribution in [3.8, 4) is 0 Å². The van der Waals surface area contributed by atoms with Gasteiger partial charge in [0, 0.05) is 21.6 Å². The summed E-state index contributed by atoms with van der Waals surface area (Å²) in [6.45, 7) is 4.37. The molecule has 4 nitrogen and oxygen atoms in total. The van der Waals surface area contributed by atoms with Gasteiger partial charge in [0.25, 0.3) is 5.91 Å². The van der Waals surface area contributed by atoms with Crippen LogP contribution in [0.4, 0.5) is 5.82 Å². The zero-order chi connectivity index (χ0) is 19.7. The minimum atomic E-state index is -0.205. The third-order valence-electron chi connectivity index (χ3n) is 4.72. The molecule has 0 radical (unpaired) electrons. The predicted molar refractivity (Wildman–Crippen MR) is 115 cm³/mol. The van der Waals surface area contributed by atoms with Gasteiger partial charge in [0.2, 0.25) is 0 Å².